The highest BCUT2D eigenvalue weighted by atomic mass is 19.4. The Kier molecular flexibility index (Phi) is 6.07. The van der Waals surface area contributed by atoms with Gasteiger partial charge in [-0.1, -0.05) is 13.0 Å². The summed E-state index contributed by atoms with van der Waals surface area (Å²) in [4.78, 5) is 12.7. The second-order valence-corrected chi connectivity index (χ2v) is 4.40. The van der Waals surface area contributed by atoms with Gasteiger partial charge in [0.05, 0.1) is 6.54 Å². The predicted molar refractivity (Wildman–Crippen MR) is 66.4 cm³/mol. The van der Waals surface area contributed by atoms with Crippen molar-refractivity contribution < 1.29 is 26.7 Å². The molecule has 1 aromatic carbocycles. The minimum Gasteiger partial charge on any atom is -0.346 e. The van der Waals surface area contributed by atoms with Crippen molar-refractivity contribution in [1.82, 2.24) is 10.2 Å². The van der Waals surface area contributed by atoms with Crippen LogP contribution in [0.4, 0.5) is 22.0 Å². The fraction of sp³-hybridized carbons (Fsp3) is 0.462. The third-order valence-corrected chi connectivity index (χ3v) is 2.74. The molecule has 0 bridgehead atoms. The van der Waals surface area contributed by atoms with E-state index in [4.69, 9.17) is 0 Å². The highest BCUT2D eigenvalue weighted by Crippen LogP contribution is 2.15. The van der Waals surface area contributed by atoms with Crippen LogP contribution in [0.2, 0.25) is 0 Å². The molecule has 0 fully saturated rings. The molecule has 8 heteroatoms. The molecular weight excluding hydrogens is 295 g/mol. The maximum absolute atomic E-state index is 13.5. The fourth-order valence-electron chi connectivity index (χ4n) is 1.64. The van der Waals surface area contributed by atoms with Crippen LogP contribution >= 0.6 is 0 Å². The second kappa shape index (κ2) is 7.35. The van der Waals surface area contributed by atoms with Crippen molar-refractivity contribution >= 4 is 5.91 Å². The number of benzene rings is 1. The van der Waals surface area contributed by atoms with Crippen LogP contribution in [0, 0.1) is 11.6 Å². The summed E-state index contributed by atoms with van der Waals surface area (Å²) in [5.74, 6) is -2.38. The van der Waals surface area contributed by atoms with Gasteiger partial charge in [0.2, 0.25) is 5.91 Å². The first kappa shape index (κ1) is 17.4. The summed E-state index contributed by atoms with van der Waals surface area (Å²) in [6.07, 6.45) is -4.50. The van der Waals surface area contributed by atoms with Crippen LogP contribution in [-0.4, -0.2) is 36.6 Å². The van der Waals surface area contributed by atoms with Crippen molar-refractivity contribution in [3.05, 3.63) is 35.4 Å². The normalized spacial score (nSPS) is 11.8. The van der Waals surface area contributed by atoms with Crippen LogP contribution in [0.15, 0.2) is 18.2 Å². The van der Waals surface area contributed by atoms with Crippen LogP contribution in [0.5, 0.6) is 0 Å². The summed E-state index contributed by atoms with van der Waals surface area (Å²) in [6.45, 7) is -0.116. The van der Waals surface area contributed by atoms with Crippen molar-refractivity contribution in [2.45, 2.75) is 19.6 Å². The zero-order chi connectivity index (χ0) is 16.0. The number of alkyl halides is 3. The van der Waals surface area contributed by atoms with Crippen molar-refractivity contribution in [2.75, 3.05) is 19.6 Å². The molecule has 0 spiro atoms. The molecule has 0 saturated heterocycles. The first-order valence-corrected chi connectivity index (χ1v) is 6.21. The second-order valence-electron chi connectivity index (χ2n) is 4.40. The smallest absolute Gasteiger partial charge is 0.346 e. The van der Waals surface area contributed by atoms with Gasteiger partial charge in [-0.2, -0.15) is 13.2 Å². The Morgan fingerprint density at radius 1 is 1.24 bits per heavy atom. The predicted octanol–water partition coefficient (Wildman–Crippen LogP) is 2.47. The van der Waals surface area contributed by atoms with E-state index >= 15 is 0 Å². The van der Waals surface area contributed by atoms with Gasteiger partial charge in [0.25, 0.3) is 0 Å². The van der Waals surface area contributed by atoms with E-state index in [0.29, 0.717) is 0 Å². The molecule has 1 amide bonds. The summed E-state index contributed by atoms with van der Waals surface area (Å²) in [6, 6.07) is 3.37. The Morgan fingerprint density at radius 2 is 1.81 bits per heavy atom. The maximum atomic E-state index is 13.5. The number of nitrogens with zero attached hydrogens (tertiary/aromatic N) is 1. The number of carbonyl (C=O) groups is 1. The van der Waals surface area contributed by atoms with Crippen LogP contribution < -0.4 is 5.32 Å². The Hall–Kier alpha value is -1.70. The van der Waals surface area contributed by atoms with E-state index < -0.39 is 30.3 Å². The maximum Gasteiger partial charge on any atom is 0.405 e. The lowest BCUT2D eigenvalue weighted by molar-refractivity contribution is -0.139. The van der Waals surface area contributed by atoms with Crippen LogP contribution in [0.3, 0.4) is 0 Å². The van der Waals surface area contributed by atoms with Crippen molar-refractivity contribution in [2.24, 2.45) is 0 Å². The number of carbonyl (C=O) groups excluding carboxylic acids is 1. The molecule has 3 nitrogen and oxygen atoms in total. The topological polar surface area (TPSA) is 32.3 Å². The molecule has 0 radical (unpaired) electrons. The van der Waals surface area contributed by atoms with Gasteiger partial charge in [-0.05, 0) is 18.7 Å². The van der Waals surface area contributed by atoms with Crippen molar-refractivity contribution in [3.8, 4) is 0 Å². The largest absolute Gasteiger partial charge is 0.405 e. The molecule has 1 aromatic rings. The molecular formula is C13H15F5N2O. The van der Waals surface area contributed by atoms with E-state index in [1.54, 1.807) is 12.2 Å². The number of halogens is 5. The molecule has 0 unspecified atom stereocenters. The Balaban J connectivity index is 2.61. The van der Waals surface area contributed by atoms with Gasteiger partial charge in [0.15, 0.2) is 0 Å². The lowest BCUT2D eigenvalue weighted by atomic mass is 10.2. The quantitative estimate of drug-likeness (QED) is 0.819. The zero-order valence-corrected chi connectivity index (χ0v) is 11.3. The van der Waals surface area contributed by atoms with Crippen LogP contribution in [0.1, 0.15) is 12.5 Å². The highest BCUT2D eigenvalue weighted by molar-refractivity contribution is 5.78. The van der Waals surface area contributed by atoms with Crippen molar-refractivity contribution in [1.29, 1.82) is 0 Å². The number of hydrogen-bond donors (Lipinski definition) is 1. The van der Waals surface area contributed by atoms with Gasteiger partial charge in [0.1, 0.15) is 18.2 Å². The van der Waals surface area contributed by atoms with E-state index in [0.717, 1.165) is 12.1 Å². The van der Waals surface area contributed by atoms with Crippen LogP contribution in [-0.2, 0) is 11.3 Å². The summed E-state index contributed by atoms with van der Waals surface area (Å²) in [5, 5.41) is 1.71. The summed E-state index contributed by atoms with van der Waals surface area (Å²) < 4.78 is 62.8. The molecule has 0 aliphatic rings. The number of rotatable bonds is 6. The molecule has 0 heterocycles. The third-order valence-electron chi connectivity index (χ3n) is 2.74. The number of amides is 1. The molecule has 0 aromatic heterocycles. The van der Waals surface area contributed by atoms with Crippen LogP contribution in [0.25, 0.3) is 0 Å². The zero-order valence-electron chi connectivity index (χ0n) is 11.3. The first-order valence-electron chi connectivity index (χ1n) is 6.21. The molecule has 0 saturated carbocycles. The molecule has 0 aliphatic heterocycles. The lowest BCUT2D eigenvalue weighted by Crippen LogP contribution is -2.41. The van der Waals surface area contributed by atoms with E-state index in [1.807, 2.05) is 0 Å². The molecule has 118 valence electrons. The molecule has 21 heavy (non-hydrogen) atoms. The van der Waals surface area contributed by atoms with Crippen molar-refractivity contribution in [3.63, 3.8) is 0 Å². The Bertz CT molecular complexity index is 470. The summed E-state index contributed by atoms with van der Waals surface area (Å²) in [7, 11) is 0. The van der Waals surface area contributed by atoms with E-state index in [-0.39, 0.29) is 25.2 Å². The minimum atomic E-state index is -4.50. The van der Waals surface area contributed by atoms with E-state index in [9.17, 15) is 26.7 Å². The average molecular weight is 310 g/mol. The fourth-order valence-corrected chi connectivity index (χ4v) is 1.64. The molecule has 0 atom stereocenters. The van der Waals surface area contributed by atoms with Gasteiger partial charge in [-0.15, -0.1) is 0 Å². The van der Waals surface area contributed by atoms with Gasteiger partial charge in [-0.3, -0.25) is 9.69 Å². The minimum absolute atomic E-state index is 0.200. The summed E-state index contributed by atoms with van der Waals surface area (Å²) >= 11 is 0. The van der Waals surface area contributed by atoms with E-state index in [2.05, 4.69) is 0 Å². The highest BCUT2D eigenvalue weighted by Gasteiger charge is 2.28. The van der Waals surface area contributed by atoms with Gasteiger partial charge >= 0.3 is 6.18 Å². The number of nitrogens with one attached hydrogen (secondary N) is 1. The van der Waals surface area contributed by atoms with Gasteiger partial charge in [-0.25, -0.2) is 8.78 Å². The van der Waals surface area contributed by atoms with E-state index in [1.165, 1.54) is 11.0 Å². The number of hydrogen-bond acceptors (Lipinski definition) is 2. The Labute approximate surface area is 118 Å². The van der Waals surface area contributed by atoms with Gasteiger partial charge < -0.3 is 5.32 Å². The third kappa shape index (κ3) is 6.07. The number of likely N-dealkylation sites (N-methyl/N-ethyl adjacent to an activating group) is 1. The molecule has 1 N–H and O–H groups in total. The summed E-state index contributed by atoms with van der Waals surface area (Å²) in [5.41, 5.74) is -0.219. The Morgan fingerprint density at radius 3 is 2.29 bits per heavy atom. The standard InChI is InChI=1S/C13H15F5N2O/c1-2-20(7-12(21)19-8-13(16,17)18)6-9-10(14)4-3-5-11(9)15/h3-5H,2,6-8H2,1H3,(H,19,21). The monoisotopic (exact) mass is 310 g/mol. The SMILES string of the molecule is CCN(CC(=O)NCC(F)(F)F)Cc1c(F)cccc1F. The first-order chi connectivity index (χ1) is 9.73. The average Bonchev–Trinajstić information content (AvgIpc) is 2.38. The molecule has 1 rings (SSSR count). The van der Waals surface area contributed by atoms with Gasteiger partial charge in [0, 0.05) is 12.1 Å². The molecule has 0 aliphatic carbocycles. The lowest BCUT2D eigenvalue weighted by Gasteiger charge is -2.20.